The Balaban J connectivity index is 0.971. The van der Waals surface area contributed by atoms with Gasteiger partial charge in [0.2, 0.25) is 5.91 Å². The lowest BCUT2D eigenvalue weighted by Gasteiger charge is -2.48. The SMILES string of the molecule is CC1CCC(O)C1N1CCC2(CC(C(Cc3ccccc3)NC(=O)C3C4C=CC(C4)C3C3OC3N3CCOCC3)O2)C1=O. The van der Waals surface area contributed by atoms with Crippen molar-refractivity contribution in [3.05, 3.63) is 48.0 Å². The van der Waals surface area contributed by atoms with Crippen LogP contribution in [-0.4, -0.2) is 102 Å². The lowest BCUT2D eigenvalue weighted by Crippen LogP contribution is -2.64. The number of amides is 2. The van der Waals surface area contributed by atoms with E-state index >= 15 is 0 Å². The van der Waals surface area contributed by atoms with Crippen LogP contribution in [-0.2, 0) is 30.2 Å². The Bertz CT molecular complexity index is 1240. The molecule has 12 unspecified atom stereocenters. The molecule has 4 aliphatic heterocycles. The molecule has 2 N–H and O–H groups in total. The number of aliphatic hydroxyl groups excluding tert-OH is 1. The molecule has 4 saturated heterocycles. The third-order valence-electron chi connectivity index (χ3n) is 11.8. The molecule has 6 fully saturated rings. The van der Waals surface area contributed by atoms with Gasteiger partial charge in [0.25, 0.3) is 5.91 Å². The second kappa shape index (κ2) is 10.9. The van der Waals surface area contributed by atoms with Crippen LogP contribution in [0.15, 0.2) is 42.5 Å². The van der Waals surface area contributed by atoms with E-state index in [1.165, 1.54) is 0 Å². The maximum absolute atomic E-state index is 14.2. The Kier molecular flexibility index (Phi) is 7.18. The minimum atomic E-state index is -0.822. The van der Waals surface area contributed by atoms with Crippen molar-refractivity contribution in [2.75, 3.05) is 32.8 Å². The molecule has 4 heterocycles. The number of carbonyl (C=O) groups is 2. The first-order chi connectivity index (χ1) is 20.9. The molecular formula is C34H45N3O6. The minimum absolute atomic E-state index is 0.0182. The summed E-state index contributed by atoms with van der Waals surface area (Å²) >= 11 is 0. The molecule has 0 aromatic heterocycles. The molecule has 232 valence electrons. The zero-order valence-electron chi connectivity index (χ0n) is 25.1. The van der Waals surface area contributed by atoms with Gasteiger partial charge in [-0.25, -0.2) is 0 Å². The number of rotatable bonds is 8. The number of likely N-dealkylation sites (tertiary alicyclic amines) is 1. The number of allylic oxidation sites excluding steroid dienone is 2. The van der Waals surface area contributed by atoms with E-state index in [9.17, 15) is 14.7 Å². The van der Waals surface area contributed by atoms with E-state index in [1.54, 1.807) is 0 Å². The van der Waals surface area contributed by atoms with Gasteiger partial charge >= 0.3 is 0 Å². The fourth-order valence-electron chi connectivity index (χ4n) is 9.48. The van der Waals surface area contributed by atoms with Gasteiger partial charge in [0.1, 0.15) is 12.3 Å². The number of hydrogen-bond acceptors (Lipinski definition) is 7. The van der Waals surface area contributed by atoms with E-state index in [2.05, 4.69) is 41.4 Å². The van der Waals surface area contributed by atoms with E-state index in [1.807, 2.05) is 23.1 Å². The van der Waals surface area contributed by atoms with Gasteiger partial charge in [-0.05, 0) is 49.0 Å². The maximum atomic E-state index is 14.2. The highest BCUT2D eigenvalue weighted by molar-refractivity contribution is 5.89. The Hall–Kier alpha value is -2.30. The first kappa shape index (κ1) is 28.2. The average Bonchev–Trinajstić information content (AvgIpc) is 3.23. The summed E-state index contributed by atoms with van der Waals surface area (Å²) in [6.45, 7) is 5.98. The van der Waals surface area contributed by atoms with Crippen LogP contribution in [0.1, 0.15) is 44.6 Å². The second-order valence-electron chi connectivity index (χ2n) is 14.2. The largest absolute Gasteiger partial charge is 0.391 e. The van der Waals surface area contributed by atoms with Crippen molar-refractivity contribution in [3.63, 3.8) is 0 Å². The van der Waals surface area contributed by atoms with E-state index in [-0.39, 0.29) is 66.0 Å². The van der Waals surface area contributed by atoms with Crippen molar-refractivity contribution in [1.82, 2.24) is 15.1 Å². The Morgan fingerprint density at radius 1 is 1.12 bits per heavy atom. The molecule has 1 aromatic carbocycles. The highest BCUT2D eigenvalue weighted by Crippen LogP contribution is 2.55. The van der Waals surface area contributed by atoms with Gasteiger partial charge in [0, 0.05) is 38.4 Å². The van der Waals surface area contributed by atoms with E-state index < -0.39 is 11.7 Å². The van der Waals surface area contributed by atoms with Crippen molar-refractivity contribution >= 4 is 11.8 Å². The van der Waals surface area contributed by atoms with Crippen LogP contribution in [0.4, 0.5) is 0 Å². The minimum Gasteiger partial charge on any atom is -0.391 e. The average molecular weight is 592 g/mol. The van der Waals surface area contributed by atoms with Crippen LogP contribution in [0, 0.1) is 29.6 Å². The van der Waals surface area contributed by atoms with Gasteiger partial charge in [-0.15, -0.1) is 0 Å². The topological polar surface area (TPSA) is 104 Å². The molecule has 43 heavy (non-hydrogen) atoms. The fourth-order valence-corrected chi connectivity index (χ4v) is 9.48. The molecule has 2 bridgehead atoms. The predicted octanol–water partition coefficient (Wildman–Crippen LogP) is 2.13. The number of nitrogens with one attached hydrogen (secondary N) is 1. The molecule has 2 saturated carbocycles. The number of carbonyl (C=O) groups excluding carboxylic acids is 2. The van der Waals surface area contributed by atoms with Gasteiger partial charge in [-0.2, -0.15) is 0 Å². The third kappa shape index (κ3) is 4.86. The van der Waals surface area contributed by atoms with Gasteiger partial charge in [-0.3, -0.25) is 14.5 Å². The van der Waals surface area contributed by atoms with Crippen molar-refractivity contribution in [3.8, 4) is 0 Å². The number of epoxide rings is 1. The Morgan fingerprint density at radius 3 is 2.63 bits per heavy atom. The lowest BCUT2D eigenvalue weighted by atomic mass is 9.79. The van der Waals surface area contributed by atoms with Crippen molar-refractivity contribution < 1.29 is 28.9 Å². The predicted molar refractivity (Wildman–Crippen MR) is 158 cm³/mol. The van der Waals surface area contributed by atoms with Crippen molar-refractivity contribution in [2.45, 2.75) is 87.7 Å². The molecule has 7 aliphatic rings. The Morgan fingerprint density at radius 2 is 1.88 bits per heavy atom. The lowest BCUT2D eigenvalue weighted by molar-refractivity contribution is -0.213. The molecule has 1 aromatic rings. The second-order valence-corrected chi connectivity index (χ2v) is 14.2. The summed E-state index contributed by atoms with van der Waals surface area (Å²) in [5.74, 6) is 1.07. The first-order valence-electron chi connectivity index (χ1n) is 16.6. The van der Waals surface area contributed by atoms with Crippen LogP contribution in [0.3, 0.4) is 0 Å². The maximum Gasteiger partial charge on any atom is 0.255 e. The van der Waals surface area contributed by atoms with Crippen LogP contribution < -0.4 is 5.32 Å². The zero-order valence-corrected chi connectivity index (χ0v) is 25.1. The van der Waals surface area contributed by atoms with Crippen LogP contribution in [0.25, 0.3) is 0 Å². The smallest absolute Gasteiger partial charge is 0.255 e. The number of nitrogens with zero attached hydrogens (tertiary/aromatic N) is 2. The highest BCUT2D eigenvalue weighted by Gasteiger charge is 2.62. The summed E-state index contributed by atoms with van der Waals surface area (Å²) in [5.41, 5.74) is 0.319. The molecule has 3 aliphatic carbocycles. The third-order valence-corrected chi connectivity index (χ3v) is 11.8. The molecule has 1 spiro atoms. The zero-order chi connectivity index (χ0) is 29.3. The molecule has 9 nitrogen and oxygen atoms in total. The number of benzene rings is 1. The molecule has 0 radical (unpaired) electrons. The Labute approximate surface area is 253 Å². The molecule has 2 amide bonds. The van der Waals surface area contributed by atoms with Gasteiger partial charge in [-0.1, -0.05) is 49.4 Å². The van der Waals surface area contributed by atoms with E-state index in [0.29, 0.717) is 31.7 Å². The number of aliphatic hydroxyl groups is 1. The number of hydrogen-bond donors (Lipinski definition) is 2. The number of fused-ring (bicyclic) bond motifs is 2. The summed E-state index contributed by atoms with van der Waals surface area (Å²) in [6.07, 6.45) is 8.62. The van der Waals surface area contributed by atoms with Crippen LogP contribution in [0.2, 0.25) is 0 Å². The van der Waals surface area contributed by atoms with Gasteiger partial charge < -0.3 is 29.5 Å². The van der Waals surface area contributed by atoms with Gasteiger partial charge in [0.15, 0.2) is 5.60 Å². The molecular weight excluding hydrogens is 546 g/mol. The van der Waals surface area contributed by atoms with Gasteiger partial charge in [0.05, 0.1) is 43.4 Å². The van der Waals surface area contributed by atoms with E-state index in [4.69, 9.17) is 14.2 Å². The molecule has 12 atom stereocenters. The first-order valence-corrected chi connectivity index (χ1v) is 16.6. The van der Waals surface area contributed by atoms with Crippen LogP contribution >= 0.6 is 0 Å². The highest BCUT2D eigenvalue weighted by atomic mass is 16.6. The standard InChI is InChI=1S/C34H45N3O6/c1-20-7-10-25(38)29(20)37-12-11-34(33(37)40)19-26(43-34)24(17-21-5-3-2-4-6-21)35-31(39)28-23-9-8-22(18-23)27(28)30-32(42-30)36-13-15-41-16-14-36/h2-6,8-9,20,22-30,32,38H,7,10-19H2,1H3,(H,35,39). The van der Waals surface area contributed by atoms with Crippen LogP contribution in [0.5, 0.6) is 0 Å². The summed E-state index contributed by atoms with van der Waals surface area (Å²) in [7, 11) is 0. The van der Waals surface area contributed by atoms with Crippen molar-refractivity contribution in [1.29, 1.82) is 0 Å². The summed E-state index contributed by atoms with van der Waals surface area (Å²) in [6, 6.07) is 9.89. The summed E-state index contributed by atoms with van der Waals surface area (Å²) < 4.78 is 18.4. The summed E-state index contributed by atoms with van der Waals surface area (Å²) in [5, 5.41) is 14.1. The molecule has 9 heteroatoms. The van der Waals surface area contributed by atoms with Crippen molar-refractivity contribution in [2.24, 2.45) is 29.6 Å². The quantitative estimate of drug-likeness (QED) is 0.353. The normalized spacial score (nSPS) is 44.2. The molecule has 8 rings (SSSR count). The number of morpholine rings is 1. The van der Waals surface area contributed by atoms with E-state index in [0.717, 1.165) is 51.1 Å². The number of ether oxygens (including phenoxy) is 3. The fraction of sp³-hybridized carbons (Fsp3) is 0.706. The monoisotopic (exact) mass is 591 g/mol. The summed E-state index contributed by atoms with van der Waals surface area (Å²) in [4.78, 5) is 32.1.